The lowest BCUT2D eigenvalue weighted by Crippen LogP contribution is -2.33. The summed E-state index contributed by atoms with van der Waals surface area (Å²) < 4.78 is 30.7. The Bertz CT molecular complexity index is 1470. The molecule has 2 amide bonds. The van der Waals surface area contributed by atoms with Gasteiger partial charge in [-0.2, -0.15) is 13.7 Å². The number of unbranched alkanes of at least 4 members (excludes halogenated alkanes) is 1. The Morgan fingerprint density at radius 2 is 1.54 bits per heavy atom. The van der Waals surface area contributed by atoms with E-state index in [1.54, 1.807) is 36.4 Å². The molecule has 0 aromatic heterocycles. The van der Waals surface area contributed by atoms with Crippen molar-refractivity contribution >= 4 is 21.9 Å². The largest absolute Gasteiger partial charge is 0.379 e. The van der Waals surface area contributed by atoms with Gasteiger partial charge in [0.25, 0.3) is 11.8 Å². The van der Waals surface area contributed by atoms with Gasteiger partial charge in [0.05, 0.1) is 22.8 Å². The summed E-state index contributed by atoms with van der Waals surface area (Å²) in [4.78, 5) is 28.6. The first kappa shape index (κ1) is 24.7. The van der Waals surface area contributed by atoms with E-state index in [9.17, 15) is 18.0 Å². The molecular formula is C28H25N3O5S. The number of hydrogen-bond donors (Lipinski definition) is 0. The van der Waals surface area contributed by atoms with E-state index in [1.807, 2.05) is 12.1 Å². The molecule has 8 nitrogen and oxygen atoms in total. The molecule has 2 aliphatic rings. The van der Waals surface area contributed by atoms with E-state index in [2.05, 4.69) is 4.90 Å². The van der Waals surface area contributed by atoms with Crippen molar-refractivity contribution < 1.29 is 22.2 Å². The van der Waals surface area contributed by atoms with E-state index in [-0.39, 0.29) is 22.5 Å². The highest BCUT2D eigenvalue weighted by Crippen LogP contribution is 2.27. The molecule has 2 heterocycles. The Hall–Kier alpha value is -4.00. The Morgan fingerprint density at radius 3 is 2.22 bits per heavy atom. The quantitative estimate of drug-likeness (QED) is 0.255. The van der Waals surface area contributed by atoms with Gasteiger partial charge in [-0.1, -0.05) is 18.2 Å². The van der Waals surface area contributed by atoms with Crippen LogP contribution in [0.4, 0.5) is 0 Å². The monoisotopic (exact) mass is 515 g/mol. The number of imide groups is 1. The number of rotatable bonds is 8. The lowest BCUT2D eigenvalue weighted by Gasteiger charge is -2.29. The molecule has 3 aromatic carbocycles. The SMILES string of the molecule is N#Cc1ccc(S(=O)(=O)Oc2ccc3c(c2)CN(CCCCN2C(=O)c4ccccc4C2=O)CC3)cc1. The average molecular weight is 516 g/mol. The van der Waals surface area contributed by atoms with Gasteiger partial charge in [0.15, 0.2) is 0 Å². The van der Waals surface area contributed by atoms with E-state index < -0.39 is 10.1 Å². The minimum absolute atomic E-state index is 0.0103. The molecule has 0 radical (unpaired) electrons. The van der Waals surface area contributed by atoms with E-state index in [0.29, 0.717) is 36.2 Å². The summed E-state index contributed by atoms with van der Waals surface area (Å²) in [6, 6.07) is 19.8. The Morgan fingerprint density at radius 1 is 0.865 bits per heavy atom. The van der Waals surface area contributed by atoms with Crippen molar-refractivity contribution in [3.05, 3.63) is 94.5 Å². The van der Waals surface area contributed by atoms with E-state index in [4.69, 9.17) is 9.44 Å². The predicted molar refractivity (Wildman–Crippen MR) is 135 cm³/mol. The molecule has 0 bridgehead atoms. The molecule has 0 fully saturated rings. The normalized spacial score (nSPS) is 15.3. The molecule has 9 heteroatoms. The zero-order valence-corrected chi connectivity index (χ0v) is 20.9. The maximum absolute atomic E-state index is 12.7. The van der Waals surface area contributed by atoms with Crippen LogP contribution in [0.2, 0.25) is 0 Å². The van der Waals surface area contributed by atoms with Crippen LogP contribution in [-0.2, 0) is 23.1 Å². The number of nitriles is 1. The summed E-state index contributed by atoms with van der Waals surface area (Å²) in [5.41, 5.74) is 3.49. The van der Waals surface area contributed by atoms with Crippen LogP contribution >= 0.6 is 0 Å². The third-order valence-electron chi connectivity index (χ3n) is 6.73. The first-order chi connectivity index (χ1) is 17.9. The van der Waals surface area contributed by atoms with Crippen LogP contribution in [0.1, 0.15) is 50.2 Å². The fourth-order valence-electron chi connectivity index (χ4n) is 4.75. The van der Waals surface area contributed by atoms with E-state index in [1.165, 1.54) is 29.2 Å². The van der Waals surface area contributed by atoms with Crippen LogP contribution in [0.25, 0.3) is 0 Å². The number of fused-ring (bicyclic) bond motifs is 2. The van der Waals surface area contributed by atoms with Gasteiger partial charge in [0.1, 0.15) is 10.6 Å². The van der Waals surface area contributed by atoms with Gasteiger partial charge in [-0.15, -0.1) is 0 Å². The van der Waals surface area contributed by atoms with Gasteiger partial charge in [-0.25, -0.2) is 0 Å². The number of nitrogens with zero attached hydrogens (tertiary/aromatic N) is 3. The summed E-state index contributed by atoms with van der Waals surface area (Å²) in [5.74, 6) is -0.206. The van der Waals surface area contributed by atoms with Crippen LogP contribution in [0, 0.1) is 11.3 Å². The van der Waals surface area contributed by atoms with Gasteiger partial charge in [0.2, 0.25) is 0 Å². The van der Waals surface area contributed by atoms with Crippen LogP contribution < -0.4 is 4.18 Å². The Balaban J connectivity index is 1.15. The van der Waals surface area contributed by atoms with Gasteiger partial charge < -0.3 is 4.18 Å². The van der Waals surface area contributed by atoms with Gasteiger partial charge in [-0.05, 0) is 85.5 Å². The fourth-order valence-corrected chi connectivity index (χ4v) is 5.68. The maximum Gasteiger partial charge on any atom is 0.339 e. The minimum atomic E-state index is -4.02. The highest BCUT2D eigenvalue weighted by molar-refractivity contribution is 7.87. The zero-order valence-electron chi connectivity index (χ0n) is 20.1. The molecule has 0 aliphatic carbocycles. The molecule has 3 aromatic rings. The second-order valence-corrected chi connectivity index (χ2v) is 10.7. The summed E-state index contributed by atoms with van der Waals surface area (Å²) in [6.45, 7) is 2.74. The molecule has 5 rings (SSSR count). The third-order valence-corrected chi connectivity index (χ3v) is 7.99. The first-order valence-corrected chi connectivity index (χ1v) is 13.5. The second kappa shape index (κ2) is 10.2. The van der Waals surface area contributed by atoms with Crippen molar-refractivity contribution in [2.24, 2.45) is 0 Å². The van der Waals surface area contributed by atoms with E-state index in [0.717, 1.165) is 37.1 Å². The van der Waals surface area contributed by atoms with E-state index >= 15 is 0 Å². The van der Waals surface area contributed by atoms with Crippen molar-refractivity contribution in [1.82, 2.24) is 9.80 Å². The lowest BCUT2D eigenvalue weighted by atomic mass is 9.99. The van der Waals surface area contributed by atoms with Gasteiger partial charge in [0, 0.05) is 19.6 Å². The number of hydrogen-bond acceptors (Lipinski definition) is 7. The Labute approximate surface area is 215 Å². The van der Waals surface area contributed by atoms with Gasteiger partial charge in [-0.3, -0.25) is 19.4 Å². The molecule has 0 N–H and O–H groups in total. The highest BCUT2D eigenvalue weighted by Gasteiger charge is 2.34. The summed E-state index contributed by atoms with van der Waals surface area (Å²) in [7, 11) is -4.02. The average Bonchev–Trinajstić information content (AvgIpc) is 3.15. The first-order valence-electron chi connectivity index (χ1n) is 12.1. The van der Waals surface area contributed by atoms with Crippen LogP contribution in [0.5, 0.6) is 5.75 Å². The summed E-state index contributed by atoms with van der Waals surface area (Å²) in [5, 5.41) is 8.91. The van der Waals surface area contributed by atoms with Gasteiger partial charge >= 0.3 is 10.1 Å². The van der Waals surface area contributed by atoms with Crippen molar-refractivity contribution in [1.29, 1.82) is 5.26 Å². The van der Waals surface area contributed by atoms with Crippen LogP contribution in [-0.4, -0.2) is 49.7 Å². The van der Waals surface area contributed by atoms with Crippen LogP contribution in [0.15, 0.2) is 71.6 Å². The zero-order chi connectivity index (χ0) is 26.0. The summed E-state index contributed by atoms with van der Waals surface area (Å²) in [6.07, 6.45) is 2.38. The topological polar surface area (TPSA) is 108 Å². The van der Waals surface area contributed by atoms with Crippen molar-refractivity contribution in [2.75, 3.05) is 19.6 Å². The molecular weight excluding hydrogens is 490 g/mol. The number of carbonyl (C=O) groups is 2. The number of amides is 2. The number of benzene rings is 3. The highest BCUT2D eigenvalue weighted by atomic mass is 32.2. The molecule has 188 valence electrons. The Kier molecular flexibility index (Phi) is 6.78. The fraction of sp³-hybridized carbons (Fsp3) is 0.250. The lowest BCUT2D eigenvalue weighted by molar-refractivity contribution is 0.0650. The molecule has 0 saturated carbocycles. The smallest absolute Gasteiger partial charge is 0.339 e. The van der Waals surface area contributed by atoms with Crippen molar-refractivity contribution in [3.63, 3.8) is 0 Å². The third kappa shape index (κ3) is 5.12. The van der Waals surface area contributed by atoms with Crippen LogP contribution in [0.3, 0.4) is 0 Å². The summed E-state index contributed by atoms with van der Waals surface area (Å²) >= 11 is 0. The molecule has 37 heavy (non-hydrogen) atoms. The van der Waals surface area contributed by atoms with Crippen molar-refractivity contribution in [2.45, 2.75) is 30.7 Å². The predicted octanol–water partition coefficient (Wildman–Crippen LogP) is 3.76. The maximum atomic E-state index is 12.7. The standard InChI is InChI=1S/C28H25N3O5S/c29-18-20-7-11-24(12-8-20)37(34,35)36-23-10-9-21-13-16-30(19-22(21)17-23)14-3-4-15-31-27(32)25-5-1-2-6-26(25)28(31)33/h1-2,5-12,17H,3-4,13-16,19H2. The molecule has 0 spiro atoms. The molecule has 2 aliphatic heterocycles. The minimum Gasteiger partial charge on any atom is -0.379 e. The molecule has 0 saturated heterocycles. The molecule has 0 unspecified atom stereocenters. The molecule has 0 atom stereocenters. The van der Waals surface area contributed by atoms with Crippen molar-refractivity contribution in [3.8, 4) is 11.8 Å². The number of carbonyl (C=O) groups excluding carboxylic acids is 2. The second-order valence-electron chi connectivity index (χ2n) is 9.14.